The minimum Gasteiger partial charge on any atom is -0.327 e. The number of nitrogens with zero attached hydrogens (tertiary/aromatic N) is 1. The van der Waals surface area contributed by atoms with Crippen molar-refractivity contribution in [1.29, 1.82) is 0 Å². The molecule has 0 fully saturated rings. The molecule has 0 unspecified atom stereocenters. The average molecular weight is 205 g/mol. The maximum absolute atomic E-state index is 11.4. The molecule has 0 aromatic heterocycles. The van der Waals surface area contributed by atoms with Crippen molar-refractivity contribution in [3.05, 3.63) is 12.7 Å². The van der Waals surface area contributed by atoms with Gasteiger partial charge in [-0.05, 0) is 6.42 Å². The van der Waals surface area contributed by atoms with Gasteiger partial charge in [-0.1, -0.05) is 6.08 Å². The lowest BCUT2D eigenvalue weighted by Gasteiger charge is -2.08. The second kappa shape index (κ2) is 5.11. The molecule has 76 valence electrons. The number of carbonyl (C=O) groups excluding carboxylic acids is 1. The molecule has 4 N–H and O–H groups in total. The molecule has 1 amide bonds. The fourth-order valence-corrected chi connectivity index (χ4v) is 2.10. The maximum Gasteiger partial charge on any atom is 0.251 e. The SMILES string of the molecule is C=CC[C@H](N)C[S@@](N)(=O)=NC(C)=O. The topological polar surface area (TPSA) is 98.5 Å². The summed E-state index contributed by atoms with van der Waals surface area (Å²) >= 11 is 0. The first-order valence-electron chi connectivity index (χ1n) is 3.77. The van der Waals surface area contributed by atoms with E-state index in [0.29, 0.717) is 6.42 Å². The predicted octanol–water partition coefficient (Wildman–Crippen LogP) is -0.222. The van der Waals surface area contributed by atoms with Crippen molar-refractivity contribution in [3.8, 4) is 0 Å². The number of amides is 1. The average Bonchev–Trinajstić information content (AvgIpc) is 1.81. The Kier molecular flexibility index (Phi) is 4.82. The van der Waals surface area contributed by atoms with Crippen LogP contribution in [0.3, 0.4) is 0 Å². The third kappa shape index (κ3) is 6.44. The maximum atomic E-state index is 11.4. The lowest BCUT2D eigenvalue weighted by molar-refractivity contribution is -0.115. The highest BCUT2D eigenvalue weighted by Crippen LogP contribution is 1.95. The molecule has 0 radical (unpaired) electrons. The number of hydrogen-bond acceptors (Lipinski definition) is 3. The van der Waals surface area contributed by atoms with Crippen LogP contribution in [-0.2, 0) is 14.7 Å². The zero-order valence-electron chi connectivity index (χ0n) is 7.60. The molecule has 0 aromatic carbocycles. The summed E-state index contributed by atoms with van der Waals surface area (Å²) in [5, 5.41) is 5.27. The van der Waals surface area contributed by atoms with Crippen molar-refractivity contribution in [2.24, 2.45) is 15.2 Å². The van der Waals surface area contributed by atoms with Gasteiger partial charge in [-0.25, -0.2) is 9.35 Å². The summed E-state index contributed by atoms with van der Waals surface area (Å²) < 4.78 is 14.6. The Morgan fingerprint density at radius 3 is 2.69 bits per heavy atom. The highest BCUT2D eigenvalue weighted by atomic mass is 32.2. The molecule has 0 rings (SSSR count). The molecule has 0 aliphatic heterocycles. The Hall–Kier alpha value is -0.720. The second-order valence-corrected chi connectivity index (χ2v) is 4.65. The largest absolute Gasteiger partial charge is 0.327 e. The molecule has 0 heterocycles. The van der Waals surface area contributed by atoms with Crippen LogP contribution in [-0.4, -0.2) is 21.9 Å². The zero-order valence-corrected chi connectivity index (χ0v) is 8.42. The summed E-state index contributed by atoms with van der Waals surface area (Å²) in [6, 6.07) is -0.363. The van der Waals surface area contributed by atoms with Gasteiger partial charge in [-0.3, -0.25) is 4.79 Å². The Morgan fingerprint density at radius 1 is 1.77 bits per heavy atom. The zero-order chi connectivity index (χ0) is 10.5. The van der Waals surface area contributed by atoms with Crippen molar-refractivity contribution in [3.63, 3.8) is 0 Å². The molecule has 0 bridgehead atoms. The number of nitrogens with two attached hydrogens (primary N) is 2. The van der Waals surface area contributed by atoms with E-state index in [0.717, 1.165) is 0 Å². The molecule has 0 aromatic rings. The molecule has 6 heteroatoms. The van der Waals surface area contributed by atoms with Crippen LogP contribution in [0.1, 0.15) is 13.3 Å². The number of rotatable bonds is 4. The van der Waals surface area contributed by atoms with E-state index in [-0.39, 0.29) is 11.8 Å². The quantitative estimate of drug-likeness (QED) is 0.620. The van der Waals surface area contributed by atoms with Crippen LogP contribution in [0.2, 0.25) is 0 Å². The van der Waals surface area contributed by atoms with E-state index in [1.54, 1.807) is 6.08 Å². The molecule has 2 atom stereocenters. The summed E-state index contributed by atoms with van der Waals surface area (Å²) in [6.07, 6.45) is 2.11. The van der Waals surface area contributed by atoms with Crippen LogP contribution in [0.15, 0.2) is 17.0 Å². The Balaban J connectivity index is 4.42. The normalized spacial score (nSPS) is 17.2. The van der Waals surface area contributed by atoms with Crippen LogP contribution < -0.4 is 10.9 Å². The van der Waals surface area contributed by atoms with Gasteiger partial charge in [-0.2, -0.15) is 0 Å². The van der Waals surface area contributed by atoms with Crippen LogP contribution in [0, 0.1) is 0 Å². The highest BCUT2D eigenvalue weighted by Gasteiger charge is 2.09. The predicted molar refractivity (Wildman–Crippen MR) is 53.1 cm³/mol. The fourth-order valence-electron chi connectivity index (χ4n) is 0.844. The number of hydrogen-bond donors (Lipinski definition) is 2. The summed E-state index contributed by atoms with van der Waals surface area (Å²) in [6.45, 7) is 4.68. The Morgan fingerprint density at radius 2 is 2.31 bits per heavy atom. The van der Waals surface area contributed by atoms with E-state index in [1.807, 2.05) is 0 Å². The molecular formula is C7H15N3O2S. The summed E-state index contributed by atoms with van der Waals surface area (Å²) in [4.78, 5) is 10.5. The molecule has 0 aliphatic carbocycles. The molecule has 13 heavy (non-hydrogen) atoms. The minimum absolute atomic E-state index is 0.0125. The minimum atomic E-state index is -2.95. The van der Waals surface area contributed by atoms with Crippen molar-refractivity contribution in [2.75, 3.05) is 5.75 Å². The third-order valence-corrected chi connectivity index (χ3v) is 2.68. The summed E-state index contributed by atoms with van der Waals surface area (Å²) in [5.74, 6) is -0.531. The molecule has 0 aliphatic rings. The lowest BCUT2D eigenvalue weighted by atomic mass is 10.2. The van der Waals surface area contributed by atoms with Gasteiger partial charge in [-0.15, -0.1) is 10.9 Å². The van der Waals surface area contributed by atoms with Crippen molar-refractivity contribution in [1.82, 2.24) is 0 Å². The van der Waals surface area contributed by atoms with Crippen molar-refractivity contribution in [2.45, 2.75) is 19.4 Å². The van der Waals surface area contributed by atoms with E-state index in [9.17, 15) is 9.00 Å². The van der Waals surface area contributed by atoms with Gasteiger partial charge in [0.25, 0.3) is 5.91 Å². The Bertz CT molecular complexity index is 305. The van der Waals surface area contributed by atoms with Gasteiger partial charge in [0.1, 0.15) is 9.92 Å². The van der Waals surface area contributed by atoms with Crippen LogP contribution in [0.25, 0.3) is 0 Å². The van der Waals surface area contributed by atoms with Gasteiger partial charge in [0.05, 0.1) is 5.75 Å². The molecule has 0 saturated heterocycles. The van der Waals surface area contributed by atoms with Gasteiger partial charge in [0, 0.05) is 13.0 Å². The molecule has 5 nitrogen and oxygen atoms in total. The Labute approximate surface area is 78.5 Å². The van der Waals surface area contributed by atoms with E-state index in [2.05, 4.69) is 10.9 Å². The van der Waals surface area contributed by atoms with Gasteiger partial charge in [0.15, 0.2) is 0 Å². The first-order valence-corrected chi connectivity index (χ1v) is 5.51. The molecule has 0 spiro atoms. The van der Waals surface area contributed by atoms with Gasteiger partial charge < -0.3 is 5.73 Å². The van der Waals surface area contributed by atoms with Crippen LogP contribution >= 0.6 is 0 Å². The van der Waals surface area contributed by atoms with E-state index in [1.165, 1.54) is 6.92 Å². The second-order valence-electron chi connectivity index (χ2n) is 2.75. The van der Waals surface area contributed by atoms with E-state index < -0.39 is 15.8 Å². The molecular weight excluding hydrogens is 190 g/mol. The first-order chi connectivity index (χ1) is 5.87. The van der Waals surface area contributed by atoms with E-state index >= 15 is 0 Å². The summed E-state index contributed by atoms with van der Waals surface area (Å²) in [5.41, 5.74) is 5.54. The van der Waals surface area contributed by atoms with Gasteiger partial charge >= 0.3 is 0 Å². The smallest absolute Gasteiger partial charge is 0.251 e. The monoisotopic (exact) mass is 205 g/mol. The van der Waals surface area contributed by atoms with Gasteiger partial charge in [0.2, 0.25) is 0 Å². The lowest BCUT2D eigenvalue weighted by Crippen LogP contribution is -2.33. The summed E-state index contributed by atoms with van der Waals surface area (Å²) in [7, 11) is -2.95. The number of carbonyl (C=O) groups is 1. The third-order valence-electron chi connectivity index (χ3n) is 1.21. The standard InChI is InChI=1S/C7H15N3O2S/c1-3-4-7(8)5-13(9,12)10-6(2)11/h3,7H,1,4-5,8H2,2H3,(H2,9,10,11,12)/t7-,13-/m0/s1. The molecule has 0 saturated carbocycles. The van der Waals surface area contributed by atoms with Crippen LogP contribution in [0.5, 0.6) is 0 Å². The first kappa shape index (κ1) is 12.3. The van der Waals surface area contributed by atoms with Crippen LogP contribution in [0.4, 0.5) is 0 Å². The fraction of sp³-hybridized carbons (Fsp3) is 0.571. The van der Waals surface area contributed by atoms with Crippen molar-refractivity contribution < 1.29 is 9.00 Å². The highest BCUT2D eigenvalue weighted by molar-refractivity contribution is 7.91. The van der Waals surface area contributed by atoms with Crippen molar-refractivity contribution >= 4 is 15.8 Å². The van der Waals surface area contributed by atoms with E-state index in [4.69, 9.17) is 10.9 Å².